The number of morpholine rings is 1. The van der Waals surface area contributed by atoms with E-state index in [2.05, 4.69) is 17.2 Å². The van der Waals surface area contributed by atoms with Crippen LogP contribution in [0.5, 0.6) is 0 Å². The molecule has 0 saturated carbocycles. The summed E-state index contributed by atoms with van der Waals surface area (Å²) in [6.45, 7) is 5.83. The highest BCUT2D eigenvalue weighted by Gasteiger charge is 2.25. The molecule has 1 aromatic carbocycles. The van der Waals surface area contributed by atoms with Crippen LogP contribution in [-0.2, 0) is 11.3 Å². The summed E-state index contributed by atoms with van der Waals surface area (Å²) in [7, 11) is 2.28. The van der Waals surface area contributed by atoms with Gasteiger partial charge in [-0.05, 0) is 12.1 Å². The lowest BCUT2D eigenvalue weighted by atomic mass is 10.3. The van der Waals surface area contributed by atoms with Crippen LogP contribution in [-0.4, -0.2) is 59.4 Å². The summed E-state index contributed by atoms with van der Waals surface area (Å²) in [6, 6.07) is 8.00. The van der Waals surface area contributed by atoms with Crippen molar-refractivity contribution in [2.24, 2.45) is 0 Å². The number of rotatable bonds is 3. The summed E-state index contributed by atoms with van der Waals surface area (Å²) >= 11 is 0. The van der Waals surface area contributed by atoms with Gasteiger partial charge in [-0.3, -0.25) is 0 Å². The molecule has 2 heterocycles. The molecule has 1 saturated heterocycles. The van der Waals surface area contributed by atoms with Crippen LogP contribution in [0, 0.1) is 0 Å². The smallest absolute Gasteiger partial charge is 0.113 e. The topological polar surface area (TPSA) is 39.9 Å². The van der Waals surface area contributed by atoms with Crippen LogP contribution in [0.1, 0.15) is 0 Å². The van der Waals surface area contributed by atoms with Gasteiger partial charge < -0.3 is 9.22 Å². The van der Waals surface area contributed by atoms with Gasteiger partial charge in [0.05, 0.1) is 20.3 Å². The highest BCUT2D eigenvalue weighted by atomic mass is 16.5. The number of ether oxygens (including phenoxy) is 1. The van der Waals surface area contributed by atoms with Crippen LogP contribution in [0.25, 0.3) is 11.0 Å². The minimum atomic E-state index is 0.866. The second-order valence-corrected chi connectivity index (χ2v) is 5.19. The van der Waals surface area contributed by atoms with Gasteiger partial charge in [0.2, 0.25) is 0 Å². The van der Waals surface area contributed by atoms with Gasteiger partial charge in [0.1, 0.15) is 37.2 Å². The number of hydrogen-bond acceptors (Lipinski definition) is 3. The third-order valence-corrected chi connectivity index (χ3v) is 3.72. The Morgan fingerprint density at radius 3 is 2.39 bits per heavy atom. The standard InChI is InChI=1S/C13H19N4O/c1-17(8-10-18-11-9-17)7-6-16-14-12-4-2-3-5-13(12)15-16/h2-5H,6-11H2,1H3/q+1. The van der Waals surface area contributed by atoms with E-state index in [9.17, 15) is 0 Å². The lowest BCUT2D eigenvalue weighted by molar-refractivity contribution is -0.917. The molecule has 3 rings (SSSR count). The molecule has 0 N–H and O–H groups in total. The molecule has 96 valence electrons. The minimum absolute atomic E-state index is 0.866. The van der Waals surface area contributed by atoms with Crippen molar-refractivity contribution in [3.8, 4) is 0 Å². The highest BCUT2D eigenvalue weighted by Crippen LogP contribution is 2.10. The second kappa shape index (κ2) is 4.66. The lowest BCUT2D eigenvalue weighted by Gasteiger charge is -2.37. The fourth-order valence-electron chi connectivity index (χ4n) is 2.34. The Bertz CT molecular complexity index is 498. The Balaban J connectivity index is 1.69. The normalized spacial score (nSPS) is 19.2. The van der Waals surface area contributed by atoms with Gasteiger partial charge in [-0.2, -0.15) is 15.0 Å². The van der Waals surface area contributed by atoms with E-state index in [-0.39, 0.29) is 0 Å². The van der Waals surface area contributed by atoms with Crippen molar-refractivity contribution in [1.82, 2.24) is 15.0 Å². The number of hydrogen-bond donors (Lipinski definition) is 0. The van der Waals surface area contributed by atoms with E-state index < -0.39 is 0 Å². The van der Waals surface area contributed by atoms with Crippen molar-refractivity contribution in [1.29, 1.82) is 0 Å². The Morgan fingerprint density at radius 2 is 1.78 bits per heavy atom. The van der Waals surface area contributed by atoms with Crippen molar-refractivity contribution >= 4 is 11.0 Å². The molecule has 2 aromatic rings. The van der Waals surface area contributed by atoms with Gasteiger partial charge in [-0.1, -0.05) is 12.1 Å². The molecule has 1 aliphatic rings. The van der Waals surface area contributed by atoms with E-state index >= 15 is 0 Å². The molecule has 1 aliphatic heterocycles. The lowest BCUT2D eigenvalue weighted by Crippen LogP contribution is -2.53. The second-order valence-electron chi connectivity index (χ2n) is 5.19. The van der Waals surface area contributed by atoms with Crippen LogP contribution >= 0.6 is 0 Å². The first kappa shape index (κ1) is 11.6. The van der Waals surface area contributed by atoms with Gasteiger partial charge >= 0.3 is 0 Å². The Labute approximate surface area is 107 Å². The Hall–Kier alpha value is -1.46. The number of aromatic nitrogens is 3. The number of quaternary nitrogens is 1. The first-order valence-corrected chi connectivity index (χ1v) is 6.46. The minimum Gasteiger partial charge on any atom is -0.370 e. The molecule has 0 aliphatic carbocycles. The Morgan fingerprint density at radius 1 is 1.17 bits per heavy atom. The molecule has 0 bridgehead atoms. The average molecular weight is 247 g/mol. The maximum absolute atomic E-state index is 5.41. The number of nitrogens with zero attached hydrogens (tertiary/aromatic N) is 4. The van der Waals surface area contributed by atoms with Gasteiger partial charge in [0.25, 0.3) is 0 Å². The maximum Gasteiger partial charge on any atom is 0.113 e. The van der Waals surface area contributed by atoms with E-state index in [0.29, 0.717) is 0 Å². The molecule has 0 spiro atoms. The molecular weight excluding hydrogens is 228 g/mol. The van der Waals surface area contributed by atoms with Crippen LogP contribution in [0.2, 0.25) is 0 Å². The fourth-order valence-corrected chi connectivity index (χ4v) is 2.34. The number of fused-ring (bicyclic) bond motifs is 1. The zero-order chi connectivity index (χ0) is 12.4. The monoisotopic (exact) mass is 247 g/mol. The first-order chi connectivity index (χ1) is 8.75. The van der Waals surface area contributed by atoms with E-state index in [1.54, 1.807) is 0 Å². The van der Waals surface area contributed by atoms with Crippen LogP contribution in [0.15, 0.2) is 24.3 Å². The average Bonchev–Trinajstić information content (AvgIpc) is 2.80. The SMILES string of the molecule is C[N+]1(CCn2nc3ccccc3n2)CCOCC1. The third kappa shape index (κ3) is 2.37. The fraction of sp³-hybridized carbons (Fsp3) is 0.538. The molecule has 5 nitrogen and oxygen atoms in total. The number of benzene rings is 1. The van der Waals surface area contributed by atoms with Gasteiger partial charge in [-0.25, -0.2) is 0 Å². The highest BCUT2D eigenvalue weighted by molar-refractivity contribution is 5.72. The predicted octanol–water partition coefficient (Wildman–Crippen LogP) is 0.908. The quantitative estimate of drug-likeness (QED) is 0.757. The first-order valence-electron chi connectivity index (χ1n) is 6.46. The summed E-state index contributed by atoms with van der Waals surface area (Å²) < 4.78 is 6.46. The maximum atomic E-state index is 5.41. The van der Waals surface area contributed by atoms with Crippen LogP contribution in [0.4, 0.5) is 0 Å². The van der Waals surface area contributed by atoms with E-state index in [0.717, 1.165) is 54.9 Å². The summed E-state index contributed by atoms with van der Waals surface area (Å²) in [5, 5.41) is 8.99. The van der Waals surface area contributed by atoms with Crippen molar-refractivity contribution in [3.63, 3.8) is 0 Å². The molecule has 1 aromatic heterocycles. The van der Waals surface area contributed by atoms with E-state index in [1.165, 1.54) is 0 Å². The summed E-state index contributed by atoms with van der Waals surface area (Å²) in [6.07, 6.45) is 0. The van der Waals surface area contributed by atoms with Crippen molar-refractivity contribution in [2.75, 3.05) is 39.9 Å². The number of likely N-dealkylation sites (N-methyl/N-ethyl adjacent to an activating group) is 1. The third-order valence-electron chi connectivity index (χ3n) is 3.72. The molecule has 0 amide bonds. The molecular formula is C13H19N4O+. The van der Waals surface area contributed by atoms with Crippen LogP contribution in [0.3, 0.4) is 0 Å². The molecule has 0 unspecified atom stereocenters. The zero-order valence-electron chi connectivity index (χ0n) is 10.7. The van der Waals surface area contributed by atoms with Gasteiger partial charge in [0.15, 0.2) is 0 Å². The summed E-state index contributed by atoms with van der Waals surface area (Å²) in [5.74, 6) is 0. The Kier molecular flexibility index (Phi) is 3.01. The molecule has 5 heteroatoms. The molecule has 1 fully saturated rings. The summed E-state index contributed by atoms with van der Waals surface area (Å²) in [4.78, 5) is 1.82. The van der Waals surface area contributed by atoms with Crippen LogP contribution < -0.4 is 0 Å². The van der Waals surface area contributed by atoms with Gasteiger partial charge in [0, 0.05) is 0 Å². The predicted molar refractivity (Wildman–Crippen MR) is 69.1 cm³/mol. The zero-order valence-corrected chi connectivity index (χ0v) is 10.7. The molecule has 0 atom stereocenters. The van der Waals surface area contributed by atoms with E-state index in [4.69, 9.17) is 4.74 Å². The van der Waals surface area contributed by atoms with Gasteiger partial charge in [-0.15, -0.1) is 0 Å². The van der Waals surface area contributed by atoms with Crippen molar-refractivity contribution in [2.45, 2.75) is 6.54 Å². The molecule has 18 heavy (non-hydrogen) atoms. The van der Waals surface area contributed by atoms with Crippen molar-refractivity contribution < 1.29 is 9.22 Å². The largest absolute Gasteiger partial charge is 0.370 e. The summed E-state index contributed by atoms with van der Waals surface area (Å²) in [5.41, 5.74) is 1.95. The molecule has 0 radical (unpaired) electrons. The van der Waals surface area contributed by atoms with E-state index in [1.807, 2.05) is 29.1 Å². The van der Waals surface area contributed by atoms with Crippen molar-refractivity contribution in [3.05, 3.63) is 24.3 Å².